The van der Waals surface area contributed by atoms with Gasteiger partial charge in [-0.3, -0.25) is 9.59 Å². The fraction of sp³-hybridized carbons (Fsp3) is 0.389. The average Bonchev–Trinajstić information content (AvgIpc) is 3.03. The van der Waals surface area contributed by atoms with Crippen molar-refractivity contribution in [3.63, 3.8) is 0 Å². The molecule has 2 rings (SSSR count). The Morgan fingerprint density at radius 2 is 1.83 bits per heavy atom. The molecule has 0 aliphatic rings. The van der Waals surface area contributed by atoms with Crippen LogP contribution >= 0.6 is 0 Å². The van der Waals surface area contributed by atoms with Crippen LogP contribution in [0.3, 0.4) is 0 Å². The minimum atomic E-state index is -0.759. The highest BCUT2D eigenvalue weighted by Crippen LogP contribution is 2.18. The Morgan fingerprint density at radius 3 is 2.58 bits per heavy atom. The van der Waals surface area contributed by atoms with Gasteiger partial charge in [0.25, 0.3) is 0 Å². The van der Waals surface area contributed by atoms with Gasteiger partial charge in [-0.2, -0.15) is 0 Å². The van der Waals surface area contributed by atoms with E-state index in [1.54, 1.807) is 0 Å². The molecule has 0 aliphatic heterocycles. The lowest BCUT2D eigenvalue weighted by Gasteiger charge is -2.03. The van der Waals surface area contributed by atoms with E-state index in [9.17, 15) is 9.59 Å². The SMILES string of the molecule is O=C(O)CCCCCCNC(=O)Cc1coc(-c2ccccc2)n1. The third-order valence-corrected chi connectivity index (χ3v) is 3.55. The zero-order chi connectivity index (χ0) is 17.2. The number of carboxylic acids is 1. The number of hydrogen-bond acceptors (Lipinski definition) is 4. The molecule has 0 saturated heterocycles. The summed E-state index contributed by atoms with van der Waals surface area (Å²) in [6.07, 6.45) is 5.22. The molecular weight excluding hydrogens is 308 g/mol. The predicted molar refractivity (Wildman–Crippen MR) is 89.4 cm³/mol. The summed E-state index contributed by atoms with van der Waals surface area (Å²) in [5.74, 6) is -0.337. The molecule has 24 heavy (non-hydrogen) atoms. The molecule has 0 fully saturated rings. The van der Waals surface area contributed by atoms with Gasteiger partial charge in [0, 0.05) is 18.5 Å². The molecule has 1 amide bonds. The van der Waals surface area contributed by atoms with E-state index in [1.807, 2.05) is 30.3 Å². The summed E-state index contributed by atoms with van der Waals surface area (Å²) in [4.78, 5) is 26.6. The van der Waals surface area contributed by atoms with E-state index < -0.39 is 5.97 Å². The number of carboxylic acid groups (broad SMARTS) is 1. The van der Waals surface area contributed by atoms with Crippen molar-refractivity contribution in [1.29, 1.82) is 0 Å². The van der Waals surface area contributed by atoms with Crippen molar-refractivity contribution in [1.82, 2.24) is 10.3 Å². The summed E-state index contributed by atoms with van der Waals surface area (Å²) in [7, 11) is 0. The van der Waals surface area contributed by atoms with Crippen molar-refractivity contribution in [2.24, 2.45) is 0 Å². The van der Waals surface area contributed by atoms with Crippen LogP contribution in [0.5, 0.6) is 0 Å². The number of amides is 1. The largest absolute Gasteiger partial charge is 0.481 e. The summed E-state index contributed by atoms with van der Waals surface area (Å²) in [6.45, 7) is 0.593. The minimum absolute atomic E-state index is 0.0894. The van der Waals surface area contributed by atoms with Crippen LogP contribution in [0.1, 0.15) is 37.8 Å². The highest BCUT2D eigenvalue weighted by Gasteiger charge is 2.09. The molecule has 0 aliphatic carbocycles. The van der Waals surface area contributed by atoms with Crippen LogP contribution < -0.4 is 5.32 Å². The summed E-state index contributed by atoms with van der Waals surface area (Å²) in [5, 5.41) is 11.4. The zero-order valence-electron chi connectivity index (χ0n) is 13.5. The van der Waals surface area contributed by atoms with Crippen LogP contribution in [-0.4, -0.2) is 28.5 Å². The molecule has 6 nitrogen and oxygen atoms in total. The summed E-state index contributed by atoms with van der Waals surface area (Å²) < 4.78 is 5.40. The molecule has 1 aromatic carbocycles. The second-order valence-electron chi connectivity index (χ2n) is 5.59. The Labute approximate surface area is 140 Å². The number of benzene rings is 1. The van der Waals surface area contributed by atoms with Gasteiger partial charge in [0.05, 0.1) is 12.1 Å². The Morgan fingerprint density at radius 1 is 1.08 bits per heavy atom. The van der Waals surface area contributed by atoms with Crippen LogP contribution in [0.2, 0.25) is 0 Å². The quantitative estimate of drug-likeness (QED) is 0.653. The third-order valence-electron chi connectivity index (χ3n) is 3.55. The molecule has 0 unspecified atom stereocenters. The average molecular weight is 330 g/mol. The van der Waals surface area contributed by atoms with Crippen LogP contribution in [0.15, 0.2) is 41.0 Å². The number of hydrogen-bond donors (Lipinski definition) is 2. The number of rotatable bonds is 10. The molecular formula is C18H22N2O4. The van der Waals surface area contributed by atoms with Gasteiger partial charge >= 0.3 is 5.97 Å². The van der Waals surface area contributed by atoms with Gasteiger partial charge in [-0.25, -0.2) is 4.98 Å². The molecule has 1 aromatic heterocycles. The van der Waals surface area contributed by atoms with Crippen LogP contribution in [0.4, 0.5) is 0 Å². The fourth-order valence-electron chi connectivity index (χ4n) is 2.31. The van der Waals surface area contributed by atoms with Crippen molar-refractivity contribution in [3.8, 4) is 11.5 Å². The number of oxazole rings is 1. The van der Waals surface area contributed by atoms with E-state index in [4.69, 9.17) is 9.52 Å². The van der Waals surface area contributed by atoms with Crippen molar-refractivity contribution in [2.75, 3.05) is 6.54 Å². The number of aliphatic carboxylic acids is 1. The lowest BCUT2D eigenvalue weighted by Crippen LogP contribution is -2.26. The first kappa shape index (κ1) is 17.7. The third kappa shape index (κ3) is 6.24. The topological polar surface area (TPSA) is 92.4 Å². The van der Waals surface area contributed by atoms with Gasteiger partial charge in [0.15, 0.2) is 0 Å². The van der Waals surface area contributed by atoms with E-state index >= 15 is 0 Å². The monoisotopic (exact) mass is 330 g/mol. The van der Waals surface area contributed by atoms with Gasteiger partial charge in [-0.05, 0) is 25.0 Å². The zero-order valence-corrected chi connectivity index (χ0v) is 13.5. The van der Waals surface area contributed by atoms with Crippen LogP contribution in [-0.2, 0) is 16.0 Å². The van der Waals surface area contributed by atoms with E-state index in [2.05, 4.69) is 10.3 Å². The molecule has 0 spiro atoms. The lowest BCUT2D eigenvalue weighted by atomic mass is 10.1. The Hall–Kier alpha value is -2.63. The fourth-order valence-corrected chi connectivity index (χ4v) is 2.31. The van der Waals surface area contributed by atoms with Crippen molar-refractivity contribution in [3.05, 3.63) is 42.3 Å². The van der Waals surface area contributed by atoms with E-state index in [-0.39, 0.29) is 18.7 Å². The molecule has 0 saturated carbocycles. The van der Waals surface area contributed by atoms with Gasteiger partial charge in [-0.15, -0.1) is 0 Å². The van der Waals surface area contributed by atoms with Gasteiger partial charge in [-0.1, -0.05) is 31.0 Å². The molecule has 1 heterocycles. The maximum absolute atomic E-state index is 11.9. The Kier molecular flexibility index (Phi) is 7.01. The molecule has 0 atom stereocenters. The predicted octanol–water partition coefficient (Wildman–Crippen LogP) is 3.04. The molecule has 6 heteroatoms. The summed E-state index contributed by atoms with van der Waals surface area (Å²) in [5.41, 5.74) is 1.48. The number of carbonyl (C=O) groups excluding carboxylic acids is 1. The highest BCUT2D eigenvalue weighted by molar-refractivity contribution is 5.78. The van der Waals surface area contributed by atoms with Crippen LogP contribution in [0, 0.1) is 0 Å². The normalized spacial score (nSPS) is 10.5. The van der Waals surface area contributed by atoms with Gasteiger partial charge < -0.3 is 14.8 Å². The van der Waals surface area contributed by atoms with Gasteiger partial charge in [0.2, 0.25) is 11.8 Å². The minimum Gasteiger partial charge on any atom is -0.481 e. The maximum Gasteiger partial charge on any atom is 0.303 e. The second-order valence-corrected chi connectivity index (χ2v) is 5.59. The molecule has 0 radical (unpaired) electrons. The standard InChI is InChI=1S/C18H22N2O4/c21-16(19-11-7-2-1-6-10-17(22)23)12-15-13-24-18(20-15)14-8-4-3-5-9-14/h3-5,8-9,13H,1-2,6-7,10-12H2,(H,19,21)(H,22,23). The molecule has 128 valence electrons. The second kappa shape index (κ2) is 9.50. The Bertz CT molecular complexity index is 652. The summed E-state index contributed by atoms with van der Waals surface area (Å²) in [6, 6.07) is 9.54. The maximum atomic E-state index is 11.9. The van der Waals surface area contributed by atoms with E-state index in [0.29, 0.717) is 24.6 Å². The van der Waals surface area contributed by atoms with Crippen molar-refractivity contribution in [2.45, 2.75) is 38.5 Å². The molecule has 0 bridgehead atoms. The van der Waals surface area contributed by atoms with E-state index in [1.165, 1.54) is 6.26 Å². The molecule has 2 aromatic rings. The lowest BCUT2D eigenvalue weighted by molar-refractivity contribution is -0.137. The van der Waals surface area contributed by atoms with E-state index in [0.717, 1.165) is 24.8 Å². The number of aromatic nitrogens is 1. The number of unbranched alkanes of at least 4 members (excludes halogenated alkanes) is 3. The first-order valence-corrected chi connectivity index (χ1v) is 8.13. The number of carbonyl (C=O) groups is 2. The smallest absolute Gasteiger partial charge is 0.303 e. The molecule has 2 N–H and O–H groups in total. The number of nitrogens with zero attached hydrogens (tertiary/aromatic N) is 1. The summed E-state index contributed by atoms with van der Waals surface area (Å²) >= 11 is 0. The Balaban J connectivity index is 1.64. The number of nitrogens with one attached hydrogen (secondary N) is 1. The first-order valence-electron chi connectivity index (χ1n) is 8.13. The van der Waals surface area contributed by atoms with Gasteiger partial charge in [0.1, 0.15) is 6.26 Å². The van der Waals surface area contributed by atoms with Crippen molar-refractivity contribution < 1.29 is 19.1 Å². The van der Waals surface area contributed by atoms with Crippen molar-refractivity contribution >= 4 is 11.9 Å². The van der Waals surface area contributed by atoms with Crippen LogP contribution in [0.25, 0.3) is 11.5 Å². The first-order chi connectivity index (χ1) is 11.6. The highest BCUT2D eigenvalue weighted by atomic mass is 16.4.